The zero-order valence-electron chi connectivity index (χ0n) is 14.6. The lowest BCUT2D eigenvalue weighted by Gasteiger charge is -2.32. The van der Waals surface area contributed by atoms with Gasteiger partial charge in [0, 0.05) is 6.42 Å². The number of carbonyl (C=O) groups excluding carboxylic acids is 1. The van der Waals surface area contributed by atoms with Crippen molar-refractivity contribution in [2.75, 3.05) is 7.11 Å². The fourth-order valence-electron chi connectivity index (χ4n) is 2.12. The molecule has 0 N–H and O–H groups in total. The molecule has 4 nitrogen and oxygen atoms in total. The van der Waals surface area contributed by atoms with Crippen LogP contribution in [0.4, 0.5) is 0 Å². The molecule has 6 heteroatoms. The van der Waals surface area contributed by atoms with E-state index in [1.165, 1.54) is 7.11 Å². The first kappa shape index (κ1) is 18.5. The van der Waals surface area contributed by atoms with Crippen molar-refractivity contribution in [3.05, 3.63) is 12.1 Å². The molecule has 0 aromatic rings. The molecular weight excluding hydrogens is 283 g/mol. The minimum absolute atomic E-state index is 0.166. The second-order valence-corrected chi connectivity index (χ2v) is 13.2. The number of esters is 1. The van der Waals surface area contributed by atoms with Gasteiger partial charge in [0.05, 0.1) is 26.4 Å². The molecule has 1 aliphatic rings. The van der Waals surface area contributed by atoms with Crippen LogP contribution in [0.5, 0.6) is 0 Å². The maximum Gasteiger partial charge on any atom is 0.486 e. The van der Waals surface area contributed by atoms with Crippen LogP contribution in [0.3, 0.4) is 0 Å². The van der Waals surface area contributed by atoms with E-state index in [4.69, 9.17) is 14.0 Å². The van der Waals surface area contributed by atoms with Crippen LogP contribution in [0.1, 0.15) is 34.1 Å². The third-order valence-electron chi connectivity index (χ3n) is 4.50. The van der Waals surface area contributed by atoms with Gasteiger partial charge in [0.25, 0.3) is 0 Å². The Morgan fingerprint density at radius 1 is 1.19 bits per heavy atom. The molecule has 0 amide bonds. The van der Waals surface area contributed by atoms with Crippen LogP contribution in [-0.4, -0.2) is 39.5 Å². The van der Waals surface area contributed by atoms with Gasteiger partial charge < -0.3 is 14.0 Å². The normalized spacial score (nSPS) is 22.6. The molecule has 0 aliphatic carbocycles. The molecule has 21 heavy (non-hydrogen) atoms. The summed E-state index contributed by atoms with van der Waals surface area (Å²) < 4.78 is 16.7. The summed E-state index contributed by atoms with van der Waals surface area (Å²) in [6.07, 6.45) is 2.49. The third-order valence-corrected chi connectivity index (χ3v) is 7.12. The van der Waals surface area contributed by atoms with Crippen LogP contribution in [0.2, 0.25) is 25.2 Å². The van der Waals surface area contributed by atoms with E-state index < -0.39 is 8.07 Å². The molecule has 1 fully saturated rings. The molecule has 0 aromatic carbocycles. The molecule has 0 radical (unpaired) electrons. The fourth-order valence-corrected chi connectivity index (χ4v) is 3.59. The Labute approximate surface area is 130 Å². The molecule has 1 heterocycles. The summed E-state index contributed by atoms with van der Waals surface area (Å²) in [5.41, 5.74) is -0.457. The van der Waals surface area contributed by atoms with E-state index in [0.29, 0.717) is 6.42 Å². The summed E-state index contributed by atoms with van der Waals surface area (Å²) in [5.74, 6) is 1.78. The standard InChI is InChI=1S/C15H29BO4Si/c1-14(2)15(3,4)20-16(19-14)10-9-12(21(6,7)8)11-13(17)18-5/h9-10,12H,11H2,1-8H3/b10-9+. The van der Waals surface area contributed by atoms with Gasteiger partial charge in [0.15, 0.2) is 0 Å². The van der Waals surface area contributed by atoms with Crippen LogP contribution in [-0.2, 0) is 18.8 Å². The van der Waals surface area contributed by atoms with Gasteiger partial charge in [-0.15, -0.1) is 0 Å². The molecule has 1 saturated heterocycles. The number of ether oxygens (including phenoxy) is 1. The van der Waals surface area contributed by atoms with Crippen LogP contribution in [0, 0.1) is 0 Å². The first-order chi connectivity index (χ1) is 9.39. The van der Waals surface area contributed by atoms with E-state index in [1.807, 2.05) is 33.7 Å². The topological polar surface area (TPSA) is 44.8 Å². The van der Waals surface area contributed by atoms with E-state index in [9.17, 15) is 4.79 Å². The Kier molecular flexibility index (Phi) is 5.51. The predicted octanol–water partition coefficient (Wildman–Crippen LogP) is 3.45. The van der Waals surface area contributed by atoms with E-state index in [2.05, 4.69) is 25.7 Å². The molecule has 1 atom stereocenters. The zero-order valence-corrected chi connectivity index (χ0v) is 15.6. The molecule has 1 unspecified atom stereocenters. The minimum Gasteiger partial charge on any atom is -0.469 e. The first-order valence-electron chi connectivity index (χ1n) is 7.50. The Hall–Kier alpha value is -0.588. The van der Waals surface area contributed by atoms with Crippen molar-refractivity contribution in [1.82, 2.24) is 0 Å². The van der Waals surface area contributed by atoms with Gasteiger partial charge in [0.2, 0.25) is 0 Å². The highest BCUT2D eigenvalue weighted by Gasteiger charge is 2.50. The lowest BCUT2D eigenvalue weighted by Crippen LogP contribution is -2.41. The summed E-state index contributed by atoms with van der Waals surface area (Å²) in [7, 11) is -0.431. The van der Waals surface area contributed by atoms with Gasteiger partial charge in [-0.05, 0) is 33.2 Å². The van der Waals surface area contributed by atoms with Crippen LogP contribution in [0.15, 0.2) is 12.1 Å². The predicted molar refractivity (Wildman–Crippen MR) is 89.0 cm³/mol. The highest BCUT2D eigenvalue weighted by Crippen LogP contribution is 2.37. The smallest absolute Gasteiger partial charge is 0.469 e. The quantitative estimate of drug-likeness (QED) is 0.576. The molecule has 120 valence electrons. The molecule has 0 bridgehead atoms. The van der Waals surface area contributed by atoms with Gasteiger partial charge in [0.1, 0.15) is 0 Å². The third kappa shape index (κ3) is 4.69. The summed E-state index contributed by atoms with van der Waals surface area (Å²) in [5, 5.41) is 0. The van der Waals surface area contributed by atoms with Gasteiger partial charge in [-0.25, -0.2) is 0 Å². The van der Waals surface area contributed by atoms with Crippen molar-refractivity contribution >= 4 is 21.2 Å². The van der Waals surface area contributed by atoms with Gasteiger partial charge >= 0.3 is 13.1 Å². The summed E-state index contributed by atoms with van der Waals surface area (Å²) in [4.78, 5) is 11.6. The second kappa shape index (κ2) is 6.26. The Morgan fingerprint density at radius 2 is 1.67 bits per heavy atom. The molecule has 1 aliphatic heterocycles. The minimum atomic E-state index is -1.51. The SMILES string of the molecule is COC(=O)CC(/C=C/B1OC(C)(C)C(C)(C)O1)[Si](C)(C)C. The summed E-state index contributed by atoms with van der Waals surface area (Å²) in [6, 6.07) is 0. The van der Waals surface area contributed by atoms with Crippen molar-refractivity contribution in [2.24, 2.45) is 0 Å². The highest BCUT2D eigenvalue weighted by molar-refractivity contribution is 6.78. The Bertz CT molecular complexity index is 396. The number of rotatable bonds is 5. The lowest BCUT2D eigenvalue weighted by molar-refractivity contribution is -0.140. The van der Waals surface area contributed by atoms with Crippen LogP contribution < -0.4 is 0 Å². The number of hydrogen-bond acceptors (Lipinski definition) is 4. The van der Waals surface area contributed by atoms with Gasteiger partial charge in [-0.1, -0.05) is 31.7 Å². The maximum atomic E-state index is 11.6. The average Bonchev–Trinajstić information content (AvgIpc) is 2.51. The van der Waals surface area contributed by atoms with Crippen molar-refractivity contribution in [3.8, 4) is 0 Å². The lowest BCUT2D eigenvalue weighted by atomic mass is 9.89. The fraction of sp³-hybridized carbons (Fsp3) is 0.800. The van der Waals surface area contributed by atoms with Crippen LogP contribution >= 0.6 is 0 Å². The zero-order chi connectivity index (χ0) is 16.5. The van der Waals surface area contributed by atoms with Crippen molar-refractivity contribution < 1.29 is 18.8 Å². The highest BCUT2D eigenvalue weighted by atomic mass is 28.3. The van der Waals surface area contributed by atoms with Gasteiger partial charge in [-0.2, -0.15) is 0 Å². The molecule has 0 saturated carbocycles. The maximum absolute atomic E-state index is 11.6. The first-order valence-corrected chi connectivity index (χ1v) is 11.1. The largest absolute Gasteiger partial charge is 0.486 e. The molecule has 0 aromatic heterocycles. The van der Waals surface area contributed by atoms with Crippen LogP contribution in [0.25, 0.3) is 0 Å². The number of methoxy groups -OCH3 is 1. The number of allylic oxidation sites excluding steroid dienone is 1. The monoisotopic (exact) mass is 312 g/mol. The number of carbonyl (C=O) groups is 1. The Balaban J connectivity index is 2.79. The van der Waals surface area contributed by atoms with E-state index >= 15 is 0 Å². The molecule has 0 spiro atoms. The van der Waals surface area contributed by atoms with E-state index in [1.54, 1.807) is 0 Å². The van der Waals surface area contributed by atoms with E-state index in [-0.39, 0.29) is 29.8 Å². The van der Waals surface area contributed by atoms with Crippen molar-refractivity contribution in [1.29, 1.82) is 0 Å². The van der Waals surface area contributed by atoms with Gasteiger partial charge in [-0.3, -0.25) is 4.79 Å². The van der Waals surface area contributed by atoms with Crippen molar-refractivity contribution in [3.63, 3.8) is 0 Å². The van der Waals surface area contributed by atoms with Crippen molar-refractivity contribution in [2.45, 2.75) is 70.5 Å². The number of hydrogen-bond donors (Lipinski definition) is 0. The average molecular weight is 312 g/mol. The van der Waals surface area contributed by atoms with E-state index in [0.717, 1.165) is 0 Å². The second-order valence-electron chi connectivity index (χ2n) is 7.76. The Morgan fingerprint density at radius 3 is 2.05 bits per heavy atom. The summed E-state index contributed by atoms with van der Waals surface area (Å²) in [6.45, 7) is 14.9. The summed E-state index contributed by atoms with van der Waals surface area (Å²) >= 11 is 0. The molecular formula is C15H29BO4Si. The molecule has 1 rings (SSSR count).